The Morgan fingerprint density at radius 3 is 2.84 bits per heavy atom. The van der Waals surface area contributed by atoms with Crippen LogP contribution >= 0.6 is 0 Å². The number of nitrogens with one attached hydrogen (secondary N) is 1. The first-order chi connectivity index (χ1) is 12.0. The van der Waals surface area contributed by atoms with Crippen LogP contribution in [-0.2, 0) is 14.9 Å². The average Bonchev–Trinajstić information content (AvgIpc) is 2.77. The predicted molar refractivity (Wildman–Crippen MR) is 95.8 cm³/mol. The zero-order valence-corrected chi connectivity index (χ0v) is 14.8. The van der Waals surface area contributed by atoms with Gasteiger partial charge in [0, 0.05) is 32.4 Å². The van der Waals surface area contributed by atoms with Crippen molar-refractivity contribution in [2.24, 2.45) is 0 Å². The monoisotopic (exact) mass is 345 g/mol. The quantitative estimate of drug-likeness (QED) is 0.810. The van der Waals surface area contributed by atoms with E-state index in [-0.39, 0.29) is 11.3 Å². The Bertz CT molecular complexity index is 647. The number of likely N-dealkylation sites (tertiary alicyclic amines) is 1. The summed E-state index contributed by atoms with van der Waals surface area (Å²) in [5.41, 5.74) is 0.971. The number of anilines is 1. The number of para-hydroxylation sites is 1. The van der Waals surface area contributed by atoms with Gasteiger partial charge in [-0.3, -0.25) is 4.79 Å². The molecule has 3 heterocycles. The molecular weight excluding hydrogens is 318 g/mol. The number of rotatable bonds is 2. The fourth-order valence-electron chi connectivity index (χ4n) is 4.59. The lowest BCUT2D eigenvalue weighted by molar-refractivity contribution is -0.125. The number of β-amino-alcohol motifs (C(OH)–C–C–N with tert-alkyl or cyclic N) is 1. The van der Waals surface area contributed by atoms with Gasteiger partial charge in [0.1, 0.15) is 5.60 Å². The van der Waals surface area contributed by atoms with Gasteiger partial charge in [0.05, 0.1) is 18.6 Å². The number of benzene rings is 1. The summed E-state index contributed by atoms with van der Waals surface area (Å²) in [6.07, 6.45) is 1.61. The number of hydrogen-bond donors (Lipinski definition) is 2. The predicted octanol–water partition coefficient (Wildman–Crippen LogP) is 0.348. The Balaban J connectivity index is 1.47. The van der Waals surface area contributed by atoms with Gasteiger partial charge in [-0.25, -0.2) is 0 Å². The van der Waals surface area contributed by atoms with Crippen molar-refractivity contribution >= 4 is 11.6 Å². The SMILES string of the molecule is CN1C(=O)C2(CCN(C[C@@]3(O)CNCCOC3)CC2)c2ccccc21. The van der Waals surface area contributed by atoms with Crippen LogP contribution in [0.2, 0.25) is 0 Å². The molecule has 1 atom stereocenters. The van der Waals surface area contributed by atoms with Gasteiger partial charge >= 0.3 is 0 Å². The lowest BCUT2D eigenvalue weighted by Gasteiger charge is -2.41. The van der Waals surface area contributed by atoms with E-state index in [1.54, 1.807) is 0 Å². The van der Waals surface area contributed by atoms with Gasteiger partial charge in [0.2, 0.25) is 5.91 Å². The van der Waals surface area contributed by atoms with Gasteiger partial charge < -0.3 is 25.0 Å². The fraction of sp³-hybridized carbons (Fsp3) is 0.632. The molecule has 2 N–H and O–H groups in total. The number of amides is 1. The van der Waals surface area contributed by atoms with Crippen LogP contribution < -0.4 is 10.2 Å². The minimum Gasteiger partial charge on any atom is -0.385 e. The number of hydrogen-bond acceptors (Lipinski definition) is 5. The van der Waals surface area contributed by atoms with Gasteiger partial charge in [-0.2, -0.15) is 0 Å². The van der Waals surface area contributed by atoms with Crippen LogP contribution in [0.3, 0.4) is 0 Å². The molecule has 136 valence electrons. The second-order valence-electron chi connectivity index (χ2n) is 7.69. The second kappa shape index (κ2) is 6.36. The molecule has 1 aromatic carbocycles. The van der Waals surface area contributed by atoms with E-state index in [0.29, 0.717) is 26.3 Å². The molecule has 1 aromatic rings. The highest BCUT2D eigenvalue weighted by Crippen LogP contribution is 2.47. The van der Waals surface area contributed by atoms with E-state index in [2.05, 4.69) is 16.3 Å². The Morgan fingerprint density at radius 1 is 1.28 bits per heavy atom. The molecule has 0 unspecified atom stereocenters. The number of likely N-dealkylation sites (N-methyl/N-ethyl adjacent to an activating group) is 1. The van der Waals surface area contributed by atoms with Crippen molar-refractivity contribution in [3.63, 3.8) is 0 Å². The van der Waals surface area contributed by atoms with Crippen molar-refractivity contribution < 1.29 is 14.6 Å². The summed E-state index contributed by atoms with van der Waals surface area (Å²) in [5, 5.41) is 14.0. The molecule has 3 aliphatic rings. The molecule has 1 spiro atoms. The molecule has 3 aliphatic heterocycles. The molecule has 0 aromatic heterocycles. The van der Waals surface area contributed by atoms with E-state index in [4.69, 9.17) is 4.74 Å². The highest BCUT2D eigenvalue weighted by atomic mass is 16.5. The third-order valence-corrected chi connectivity index (χ3v) is 5.97. The third-order valence-electron chi connectivity index (χ3n) is 5.97. The molecular formula is C19H27N3O3. The van der Waals surface area contributed by atoms with Gasteiger partial charge in [0.25, 0.3) is 0 Å². The molecule has 2 fully saturated rings. The highest BCUT2D eigenvalue weighted by molar-refractivity contribution is 6.07. The van der Waals surface area contributed by atoms with Crippen molar-refractivity contribution in [1.29, 1.82) is 0 Å². The fourth-order valence-corrected chi connectivity index (χ4v) is 4.59. The molecule has 4 rings (SSSR count). The normalized spacial score (nSPS) is 29.7. The summed E-state index contributed by atoms with van der Waals surface area (Å²) < 4.78 is 5.52. The first kappa shape index (κ1) is 17.0. The zero-order valence-electron chi connectivity index (χ0n) is 14.8. The number of fused-ring (bicyclic) bond motifs is 2. The Labute approximate surface area is 148 Å². The summed E-state index contributed by atoms with van der Waals surface area (Å²) in [6, 6.07) is 8.15. The topological polar surface area (TPSA) is 65.0 Å². The van der Waals surface area contributed by atoms with Crippen LogP contribution in [0.1, 0.15) is 18.4 Å². The number of carbonyl (C=O) groups excluding carboxylic acids is 1. The lowest BCUT2D eigenvalue weighted by atomic mass is 9.73. The summed E-state index contributed by atoms with van der Waals surface area (Å²) in [4.78, 5) is 17.1. The van der Waals surface area contributed by atoms with Crippen LogP contribution in [0.5, 0.6) is 0 Å². The molecule has 1 amide bonds. The first-order valence-electron chi connectivity index (χ1n) is 9.15. The van der Waals surface area contributed by atoms with Crippen LogP contribution in [0, 0.1) is 0 Å². The molecule has 0 radical (unpaired) electrons. The number of aliphatic hydroxyl groups is 1. The van der Waals surface area contributed by atoms with Crippen molar-refractivity contribution in [3.05, 3.63) is 29.8 Å². The number of ether oxygens (including phenoxy) is 1. The van der Waals surface area contributed by atoms with Gasteiger partial charge in [-0.15, -0.1) is 0 Å². The first-order valence-corrected chi connectivity index (χ1v) is 9.15. The lowest BCUT2D eigenvalue weighted by Crippen LogP contribution is -2.55. The zero-order chi connectivity index (χ0) is 17.5. The summed E-state index contributed by atoms with van der Waals surface area (Å²) in [7, 11) is 1.87. The molecule has 25 heavy (non-hydrogen) atoms. The van der Waals surface area contributed by atoms with E-state index in [1.165, 1.54) is 5.56 Å². The maximum Gasteiger partial charge on any atom is 0.237 e. The molecule has 0 saturated carbocycles. The Kier molecular flexibility index (Phi) is 4.32. The van der Waals surface area contributed by atoms with Gasteiger partial charge in [0.15, 0.2) is 0 Å². The van der Waals surface area contributed by atoms with E-state index in [1.807, 2.05) is 30.1 Å². The molecule has 0 aliphatic carbocycles. The molecule has 6 heteroatoms. The highest BCUT2D eigenvalue weighted by Gasteiger charge is 2.51. The molecule has 0 bridgehead atoms. The number of nitrogens with zero attached hydrogens (tertiary/aromatic N) is 2. The summed E-state index contributed by atoms with van der Waals surface area (Å²) >= 11 is 0. The smallest absolute Gasteiger partial charge is 0.237 e. The number of piperidine rings is 1. The van der Waals surface area contributed by atoms with Gasteiger partial charge in [-0.1, -0.05) is 18.2 Å². The second-order valence-corrected chi connectivity index (χ2v) is 7.69. The van der Waals surface area contributed by atoms with Crippen LogP contribution in [0.4, 0.5) is 5.69 Å². The molecule has 6 nitrogen and oxygen atoms in total. The standard InChI is InChI=1S/C19H27N3O3/c1-21-16-5-3-2-4-15(16)19(17(21)23)6-9-22(10-7-19)13-18(24)12-20-8-11-25-14-18/h2-5,20,24H,6-14H2,1H3/t18-/m0/s1. The third kappa shape index (κ3) is 2.87. The minimum atomic E-state index is -0.852. The van der Waals surface area contributed by atoms with E-state index >= 15 is 0 Å². The van der Waals surface area contributed by atoms with Crippen LogP contribution in [-0.4, -0.2) is 74.5 Å². The van der Waals surface area contributed by atoms with Crippen molar-refractivity contribution in [2.75, 3.05) is 57.9 Å². The summed E-state index contributed by atoms with van der Waals surface area (Å²) in [6.45, 7) is 4.56. The Hall–Kier alpha value is -1.47. The maximum atomic E-state index is 13.0. The van der Waals surface area contributed by atoms with Crippen molar-refractivity contribution in [2.45, 2.75) is 23.9 Å². The van der Waals surface area contributed by atoms with Crippen LogP contribution in [0.25, 0.3) is 0 Å². The largest absolute Gasteiger partial charge is 0.385 e. The van der Waals surface area contributed by atoms with Crippen molar-refractivity contribution in [3.8, 4) is 0 Å². The summed E-state index contributed by atoms with van der Waals surface area (Å²) in [5.74, 6) is 0.214. The minimum absolute atomic E-state index is 0.214. The van der Waals surface area contributed by atoms with E-state index in [9.17, 15) is 9.90 Å². The Morgan fingerprint density at radius 2 is 2.04 bits per heavy atom. The van der Waals surface area contributed by atoms with E-state index < -0.39 is 5.60 Å². The maximum absolute atomic E-state index is 13.0. The van der Waals surface area contributed by atoms with Gasteiger partial charge in [-0.05, 0) is 37.6 Å². The van der Waals surface area contributed by atoms with Crippen LogP contribution in [0.15, 0.2) is 24.3 Å². The van der Waals surface area contributed by atoms with E-state index in [0.717, 1.165) is 38.2 Å². The van der Waals surface area contributed by atoms with Crippen molar-refractivity contribution in [1.82, 2.24) is 10.2 Å². The average molecular weight is 345 g/mol. The molecule has 2 saturated heterocycles. The number of carbonyl (C=O) groups is 1.